The van der Waals surface area contributed by atoms with Crippen LogP contribution < -0.4 is 5.73 Å². The monoisotopic (exact) mass is 276 g/mol. The number of hydrogen-bond donors (Lipinski definition) is 1. The second-order valence-electron chi connectivity index (χ2n) is 5.01. The Hall–Kier alpha value is -1.94. The van der Waals surface area contributed by atoms with E-state index in [1.807, 2.05) is 31.3 Å². The van der Waals surface area contributed by atoms with E-state index in [-0.39, 0.29) is 6.04 Å². The lowest BCUT2D eigenvalue weighted by Gasteiger charge is -2.25. The summed E-state index contributed by atoms with van der Waals surface area (Å²) in [5, 5.41) is 0. The minimum absolute atomic E-state index is 0.131. The zero-order valence-corrected chi connectivity index (χ0v) is 11.6. The summed E-state index contributed by atoms with van der Waals surface area (Å²) >= 11 is 0. The fraction of sp³-hybridized carbons (Fsp3) is 0.250. The van der Waals surface area contributed by atoms with E-state index in [9.17, 15) is 8.78 Å². The third kappa shape index (κ3) is 3.33. The third-order valence-corrected chi connectivity index (χ3v) is 3.47. The van der Waals surface area contributed by atoms with Gasteiger partial charge in [0.1, 0.15) is 0 Å². The SMILES string of the molecule is CC(c1cccc(N)c1)N(C)Cc1ccc(F)c(F)c1. The van der Waals surface area contributed by atoms with Gasteiger partial charge in [-0.05, 0) is 49.4 Å². The van der Waals surface area contributed by atoms with E-state index in [4.69, 9.17) is 5.73 Å². The average Bonchev–Trinajstić information content (AvgIpc) is 2.42. The first kappa shape index (κ1) is 14.5. The standard InChI is InChI=1S/C16H18F2N2/c1-11(13-4-3-5-14(19)9-13)20(2)10-12-6-7-15(17)16(18)8-12/h3-9,11H,10,19H2,1-2H3. The Morgan fingerprint density at radius 3 is 2.50 bits per heavy atom. The fourth-order valence-corrected chi connectivity index (χ4v) is 2.14. The number of hydrogen-bond acceptors (Lipinski definition) is 2. The molecule has 0 saturated carbocycles. The van der Waals surface area contributed by atoms with Crippen molar-refractivity contribution in [3.8, 4) is 0 Å². The van der Waals surface area contributed by atoms with Gasteiger partial charge in [-0.15, -0.1) is 0 Å². The van der Waals surface area contributed by atoms with E-state index in [2.05, 4.69) is 11.8 Å². The molecule has 0 heterocycles. The number of benzene rings is 2. The van der Waals surface area contributed by atoms with Crippen LogP contribution in [0.3, 0.4) is 0 Å². The first-order valence-electron chi connectivity index (χ1n) is 6.47. The molecule has 0 spiro atoms. The maximum absolute atomic E-state index is 13.2. The largest absolute Gasteiger partial charge is 0.399 e. The van der Waals surface area contributed by atoms with Crippen LogP contribution in [-0.2, 0) is 6.54 Å². The normalized spacial score (nSPS) is 12.7. The van der Waals surface area contributed by atoms with E-state index in [0.29, 0.717) is 6.54 Å². The van der Waals surface area contributed by atoms with Crippen LogP contribution in [0.15, 0.2) is 42.5 Å². The van der Waals surface area contributed by atoms with E-state index in [1.54, 1.807) is 6.07 Å². The van der Waals surface area contributed by atoms with E-state index in [0.717, 1.165) is 22.9 Å². The smallest absolute Gasteiger partial charge is 0.159 e. The molecule has 2 aromatic rings. The van der Waals surface area contributed by atoms with Gasteiger partial charge in [0, 0.05) is 18.3 Å². The van der Waals surface area contributed by atoms with Crippen LogP contribution in [0.4, 0.5) is 14.5 Å². The molecule has 1 unspecified atom stereocenters. The zero-order valence-electron chi connectivity index (χ0n) is 11.6. The van der Waals surface area contributed by atoms with Gasteiger partial charge in [0.05, 0.1) is 0 Å². The topological polar surface area (TPSA) is 29.3 Å². The van der Waals surface area contributed by atoms with E-state index in [1.165, 1.54) is 6.07 Å². The van der Waals surface area contributed by atoms with Crippen molar-refractivity contribution in [3.05, 3.63) is 65.2 Å². The number of halogens is 2. The Morgan fingerprint density at radius 2 is 1.85 bits per heavy atom. The van der Waals surface area contributed by atoms with Gasteiger partial charge >= 0.3 is 0 Å². The van der Waals surface area contributed by atoms with Gasteiger partial charge in [0.2, 0.25) is 0 Å². The Morgan fingerprint density at radius 1 is 1.10 bits per heavy atom. The predicted molar refractivity (Wildman–Crippen MR) is 77.1 cm³/mol. The number of nitrogens with zero attached hydrogens (tertiary/aromatic N) is 1. The molecule has 0 aliphatic heterocycles. The van der Waals surface area contributed by atoms with Crippen LogP contribution in [0.2, 0.25) is 0 Å². The Kier molecular flexibility index (Phi) is 4.35. The van der Waals surface area contributed by atoms with Crippen LogP contribution in [0.5, 0.6) is 0 Å². The quantitative estimate of drug-likeness (QED) is 0.862. The number of rotatable bonds is 4. The lowest BCUT2D eigenvalue weighted by atomic mass is 10.1. The predicted octanol–water partition coefficient (Wildman–Crippen LogP) is 3.74. The molecule has 0 radical (unpaired) electrons. The summed E-state index contributed by atoms with van der Waals surface area (Å²) < 4.78 is 26.1. The molecule has 4 heteroatoms. The van der Waals surface area contributed by atoms with Gasteiger partial charge in [-0.2, -0.15) is 0 Å². The van der Waals surface area contributed by atoms with Gasteiger partial charge in [-0.3, -0.25) is 4.90 Å². The third-order valence-electron chi connectivity index (χ3n) is 3.47. The minimum Gasteiger partial charge on any atom is -0.399 e. The van der Waals surface area contributed by atoms with Gasteiger partial charge in [-0.25, -0.2) is 8.78 Å². The second-order valence-corrected chi connectivity index (χ2v) is 5.01. The van der Waals surface area contributed by atoms with Crippen LogP contribution in [0, 0.1) is 11.6 Å². The highest BCUT2D eigenvalue weighted by atomic mass is 19.2. The van der Waals surface area contributed by atoms with Gasteiger partial charge in [-0.1, -0.05) is 18.2 Å². The zero-order chi connectivity index (χ0) is 14.7. The molecule has 0 bridgehead atoms. The molecule has 20 heavy (non-hydrogen) atoms. The average molecular weight is 276 g/mol. The number of nitrogen functional groups attached to an aromatic ring is 1. The summed E-state index contributed by atoms with van der Waals surface area (Å²) in [6.07, 6.45) is 0. The molecule has 2 N–H and O–H groups in total. The van der Waals surface area contributed by atoms with Gasteiger partial charge < -0.3 is 5.73 Å². The van der Waals surface area contributed by atoms with Crippen molar-refractivity contribution in [2.75, 3.05) is 12.8 Å². The maximum Gasteiger partial charge on any atom is 0.159 e. The van der Waals surface area contributed by atoms with Crippen molar-refractivity contribution in [1.82, 2.24) is 4.90 Å². The van der Waals surface area contributed by atoms with Crippen molar-refractivity contribution < 1.29 is 8.78 Å². The molecule has 0 aliphatic carbocycles. The number of nitrogens with two attached hydrogens (primary N) is 1. The fourth-order valence-electron chi connectivity index (χ4n) is 2.14. The first-order chi connectivity index (χ1) is 9.47. The van der Waals surface area contributed by atoms with Crippen molar-refractivity contribution in [1.29, 1.82) is 0 Å². The lowest BCUT2D eigenvalue weighted by molar-refractivity contribution is 0.252. The molecule has 2 aromatic carbocycles. The molecular formula is C16H18F2N2. The molecule has 0 fully saturated rings. The van der Waals surface area contributed by atoms with E-state index < -0.39 is 11.6 Å². The minimum atomic E-state index is -0.819. The Labute approximate surface area is 117 Å². The highest BCUT2D eigenvalue weighted by Crippen LogP contribution is 2.22. The molecule has 1 atom stereocenters. The number of anilines is 1. The summed E-state index contributed by atoms with van der Waals surface area (Å²) in [7, 11) is 1.94. The maximum atomic E-state index is 13.2. The summed E-state index contributed by atoms with van der Waals surface area (Å²) in [6, 6.07) is 11.8. The summed E-state index contributed by atoms with van der Waals surface area (Å²) in [6.45, 7) is 2.59. The van der Waals surface area contributed by atoms with Crippen LogP contribution >= 0.6 is 0 Å². The summed E-state index contributed by atoms with van der Waals surface area (Å²) in [5.41, 5.74) is 8.32. The molecular weight excluding hydrogens is 258 g/mol. The molecule has 0 aliphatic rings. The highest BCUT2D eigenvalue weighted by Gasteiger charge is 2.13. The van der Waals surface area contributed by atoms with Crippen molar-refractivity contribution >= 4 is 5.69 Å². The highest BCUT2D eigenvalue weighted by molar-refractivity contribution is 5.41. The molecule has 0 amide bonds. The summed E-state index contributed by atoms with van der Waals surface area (Å²) in [4.78, 5) is 2.06. The lowest BCUT2D eigenvalue weighted by Crippen LogP contribution is -2.22. The Bertz CT molecular complexity index is 599. The Balaban J connectivity index is 2.11. The molecule has 2 nitrogen and oxygen atoms in total. The van der Waals surface area contributed by atoms with Crippen molar-refractivity contribution in [2.24, 2.45) is 0 Å². The second kappa shape index (κ2) is 6.01. The van der Waals surface area contributed by atoms with Crippen LogP contribution in [0.1, 0.15) is 24.1 Å². The molecule has 0 saturated heterocycles. The van der Waals surface area contributed by atoms with Gasteiger partial charge in [0.15, 0.2) is 11.6 Å². The molecule has 2 rings (SSSR count). The van der Waals surface area contributed by atoms with Crippen LogP contribution in [0.25, 0.3) is 0 Å². The van der Waals surface area contributed by atoms with Crippen LogP contribution in [-0.4, -0.2) is 11.9 Å². The summed E-state index contributed by atoms with van der Waals surface area (Å²) in [5.74, 6) is -1.63. The van der Waals surface area contributed by atoms with Crippen molar-refractivity contribution in [3.63, 3.8) is 0 Å². The first-order valence-corrected chi connectivity index (χ1v) is 6.47. The van der Waals surface area contributed by atoms with Gasteiger partial charge in [0.25, 0.3) is 0 Å². The molecule has 106 valence electrons. The van der Waals surface area contributed by atoms with Crippen molar-refractivity contribution in [2.45, 2.75) is 19.5 Å². The van der Waals surface area contributed by atoms with E-state index >= 15 is 0 Å². The molecule has 0 aromatic heterocycles.